The van der Waals surface area contributed by atoms with Crippen LogP contribution in [0.2, 0.25) is 0 Å². The van der Waals surface area contributed by atoms with Crippen LogP contribution >= 0.6 is 11.3 Å². The van der Waals surface area contributed by atoms with E-state index in [2.05, 4.69) is 15.5 Å². The lowest BCUT2D eigenvalue weighted by Gasteiger charge is -2.12. The molecule has 3 rings (SSSR count). The molecule has 0 spiro atoms. The van der Waals surface area contributed by atoms with E-state index in [0.717, 1.165) is 29.7 Å². The summed E-state index contributed by atoms with van der Waals surface area (Å²) in [7, 11) is -4.09. The van der Waals surface area contributed by atoms with Gasteiger partial charge in [0.2, 0.25) is 15.0 Å². The number of alkyl halides is 3. The number of aromatic nitrogens is 1. The Bertz CT molecular complexity index is 1260. The number of hydrogen-bond acceptors (Lipinski definition) is 8. The van der Waals surface area contributed by atoms with Crippen molar-refractivity contribution in [1.82, 2.24) is 4.98 Å². The van der Waals surface area contributed by atoms with Crippen molar-refractivity contribution in [1.29, 1.82) is 0 Å². The number of rotatable bonds is 8. The van der Waals surface area contributed by atoms with E-state index in [1.165, 1.54) is 24.3 Å². The van der Waals surface area contributed by atoms with Crippen LogP contribution in [0.4, 0.5) is 18.3 Å². The summed E-state index contributed by atoms with van der Waals surface area (Å²) >= 11 is 1.12. The number of ether oxygens (including phenoxy) is 1. The van der Waals surface area contributed by atoms with Crippen LogP contribution in [-0.2, 0) is 32.0 Å². The molecule has 0 radical (unpaired) electrons. The van der Waals surface area contributed by atoms with Gasteiger partial charge in [-0.3, -0.25) is 10.2 Å². The van der Waals surface area contributed by atoms with Crippen molar-refractivity contribution in [3.8, 4) is 0 Å². The van der Waals surface area contributed by atoms with Gasteiger partial charge in [-0.15, -0.1) is 11.3 Å². The van der Waals surface area contributed by atoms with Gasteiger partial charge in [0.15, 0.2) is 0 Å². The zero-order valence-corrected chi connectivity index (χ0v) is 18.8. The second-order valence-corrected chi connectivity index (χ2v) is 9.34. The maximum atomic E-state index is 13.2. The first-order valence-corrected chi connectivity index (χ1v) is 11.9. The van der Waals surface area contributed by atoms with Crippen molar-refractivity contribution in [2.75, 3.05) is 12.0 Å². The number of hydrogen-bond donors (Lipinski definition) is 1. The molecule has 12 heteroatoms. The lowest BCUT2D eigenvalue weighted by Crippen LogP contribution is -2.10. The summed E-state index contributed by atoms with van der Waals surface area (Å²) in [5.74, 6) is -0.447. The molecule has 0 bridgehead atoms. The predicted octanol–water partition coefficient (Wildman–Crippen LogP) is 4.55. The van der Waals surface area contributed by atoms with Gasteiger partial charge in [0.1, 0.15) is 0 Å². The number of thiazole rings is 1. The first-order chi connectivity index (χ1) is 15.6. The van der Waals surface area contributed by atoms with Gasteiger partial charge in [-0.25, -0.2) is 13.4 Å². The highest BCUT2D eigenvalue weighted by Gasteiger charge is 2.32. The summed E-state index contributed by atoms with van der Waals surface area (Å²) in [5.41, 5.74) is 1.72. The first-order valence-electron chi connectivity index (χ1n) is 9.51. The number of carbonyl (C=O) groups is 1. The van der Waals surface area contributed by atoms with E-state index in [1.54, 1.807) is 18.4 Å². The van der Waals surface area contributed by atoms with Crippen LogP contribution in [0.25, 0.3) is 0 Å². The van der Waals surface area contributed by atoms with Gasteiger partial charge in [0.25, 0.3) is 0 Å². The average molecular weight is 498 g/mol. The van der Waals surface area contributed by atoms with Crippen LogP contribution in [0.1, 0.15) is 23.7 Å². The summed E-state index contributed by atoms with van der Waals surface area (Å²) in [6, 6.07) is 9.71. The second-order valence-electron chi connectivity index (χ2n) is 6.56. The molecule has 174 valence electrons. The molecule has 3 aromatic rings. The number of carbonyl (C=O) groups excluding carboxylic acids is 1. The lowest BCUT2D eigenvalue weighted by molar-refractivity contribution is -0.142. The van der Waals surface area contributed by atoms with Crippen molar-refractivity contribution >= 4 is 38.5 Å². The molecule has 0 saturated heterocycles. The molecular formula is C21H18F3N3O4S2. The Balaban J connectivity index is 1.89. The fourth-order valence-electron chi connectivity index (χ4n) is 2.75. The minimum atomic E-state index is -4.66. The lowest BCUT2D eigenvalue weighted by atomic mass is 10.1. The molecule has 1 N–H and O–H groups in total. The van der Waals surface area contributed by atoms with Gasteiger partial charge >= 0.3 is 12.1 Å². The number of sulfone groups is 1. The average Bonchev–Trinajstić information content (AvgIpc) is 3.20. The van der Waals surface area contributed by atoms with Crippen molar-refractivity contribution in [3.63, 3.8) is 0 Å². The number of esters is 1. The molecule has 33 heavy (non-hydrogen) atoms. The van der Waals surface area contributed by atoms with E-state index in [-0.39, 0.29) is 33.5 Å². The quantitative estimate of drug-likeness (QED) is 0.279. The summed E-state index contributed by atoms with van der Waals surface area (Å²) in [6.07, 6.45) is -3.72. The van der Waals surface area contributed by atoms with E-state index in [1.807, 2.05) is 0 Å². The summed E-state index contributed by atoms with van der Waals surface area (Å²) in [6.45, 7) is 1.92. The first kappa shape index (κ1) is 24.4. The molecule has 2 aromatic carbocycles. The van der Waals surface area contributed by atoms with Crippen LogP contribution in [0.3, 0.4) is 0 Å². The Hall–Kier alpha value is -3.25. The molecular weight excluding hydrogens is 479 g/mol. The minimum Gasteiger partial charge on any atom is -0.466 e. The predicted molar refractivity (Wildman–Crippen MR) is 117 cm³/mol. The zero-order chi connectivity index (χ0) is 24.1. The summed E-state index contributed by atoms with van der Waals surface area (Å²) in [5, 5.41) is 5.73. The van der Waals surface area contributed by atoms with Gasteiger partial charge in [-0.05, 0) is 37.3 Å². The highest BCUT2D eigenvalue weighted by molar-refractivity contribution is 7.91. The van der Waals surface area contributed by atoms with Crippen LogP contribution in [0.15, 0.2) is 68.8 Å². The van der Waals surface area contributed by atoms with Gasteiger partial charge < -0.3 is 4.74 Å². The molecule has 0 atom stereocenters. The molecule has 7 nitrogen and oxygen atoms in total. The molecule has 0 aliphatic rings. The second kappa shape index (κ2) is 10.1. The highest BCUT2D eigenvalue weighted by atomic mass is 32.2. The Morgan fingerprint density at radius 3 is 2.61 bits per heavy atom. The molecule has 0 unspecified atom stereocenters. The number of halogens is 3. The van der Waals surface area contributed by atoms with Crippen molar-refractivity contribution in [2.24, 2.45) is 5.10 Å². The number of anilines is 1. The fraction of sp³-hybridized carbons (Fsp3) is 0.190. The third kappa shape index (κ3) is 6.17. The maximum absolute atomic E-state index is 13.2. The fourth-order valence-corrected chi connectivity index (χ4v) is 4.85. The highest BCUT2D eigenvalue weighted by Crippen LogP contribution is 2.32. The number of nitrogens with zero attached hydrogens (tertiary/aromatic N) is 2. The maximum Gasteiger partial charge on any atom is 0.416 e. The van der Waals surface area contributed by atoms with E-state index in [9.17, 15) is 26.4 Å². The molecule has 1 aromatic heterocycles. The Morgan fingerprint density at radius 2 is 1.94 bits per heavy atom. The van der Waals surface area contributed by atoms with Crippen LogP contribution in [0.5, 0.6) is 0 Å². The topological polar surface area (TPSA) is 97.7 Å². The van der Waals surface area contributed by atoms with Gasteiger partial charge in [-0.2, -0.15) is 18.3 Å². The molecule has 0 amide bonds. The van der Waals surface area contributed by atoms with Crippen molar-refractivity contribution in [3.05, 3.63) is 70.7 Å². The molecule has 1 heterocycles. The Labute approximate surface area is 191 Å². The third-order valence-electron chi connectivity index (χ3n) is 4.23. The molecule has 0 aliphatic carbocycles. The van der Waals surface area contributed by atoms with E-state index in [0.29, 0.717) is 11.8 Å². The van der Waals surface area contributed by atoms with E-state index < -0.39 is 27.5 Å². The minimum absolute atomic E-state index is 0.0389. The number of benzene rings is 2. The summed E-state index contributed by atoms with van der Waals surface area (Å²) < 4.78 is 70.5. The van der Waals surface area contributed by atoms with Crippen LogP contribution in [0, 0.1) is 0 Å². The SMILES string of the molecule is CCOC(=O)Cc1csc(NN=Cc2cc(C(F)(F)F)ccc2S(=O)(=O)c2ccccc2)n1. The molecule has 0 fully saturated rings. The van der Waals surface area contributed by atoms with Crippen molar-refractivity contribution in [2.45, 2.75) is 29.3 Å². The Kier molecular flexibility index (Phi) is 7.49. The van der Waals surface area contributed by atoms with Gasteiger partial charge in [0.05, 0.1) is 40.3 Å². The largest absolute Gasteiger partial charge is 0.466 e. The Morgan fingerprint density at radius 1 is 1.21 bits per heavy atom. The standard InChI is InChI=1S/C21H18F3N3O4S2/c1-2-31-19(28)11-16-13-32-20(26-16)27-25-12-14-10-15(21(22,23)24)8-9-18(14)33(29,30)17-6-4-3-5-7-17/h3-10,12-13H,2,11H2,1H3,(H,26,27). The number of hydrazone groups is 1. The van der Waals surface area contributed by atoms with E-state index >= 15 is 0 Å². The van der Waals surface area contributed by atoms with Crippen LogP contribution < -0.4 is 5.43 Å². The van der Waals surface area contributed by atoms with Gasteiger partial charge in [-0.1, -0.05) is 18.2 Å². The van der Waals surface area contributed by atoms with Gasteiger partial charge in [0, 0.05) is 10.9 Å². The monoisotopic (exact) mass is 497 g/mol. The van der Waals surface area contributed by atoms with Crippen LogP contribution in [-0.4, -0.2) is 32.2 Å². The van der Waals surface area contributed by atoms with Crippen molar-refractivity contribution < 1.29 is 31.1 Å². The normalized spacial score (nSPS) is 12.1. The number of nitrogens with one attached hydrogen (secondary N) is 1. The molecule has 0 aliphatic heterocycles. The summed E-state index contributed by atoms with van der Waals surface area (Å²) in [4.78, 5) is 15.3. The third-order valence-corrected chi connectivity index (χ3v) is 6.87. The zero-order valence-electron chi connectivity index (χ0n) is 17.2. The smallest absolute Gasteiger partial charge is 0.416 e. The molecule has 0 saturated carbocycles. The van der Waals surface area contributed by atoms with E-state index in [4.69, 9.17) is 4.74 Å².